The molecule has 1 aromatic carbocycles. The Morgan fingerprint density at radius 2 is 1.68 bits per heavy atom. The van der Waals surface area contributed by atoms with Gasteiger partial charge in [0, 0.05) is 24.4 Å². The number of aryl methyl sites for hydroxylation is 1. The van der Waals surface area contributed by atoms with Crippen LogP contribution in [0.4, 0.5) is 0 Å². The number of hydrogen-bond acceptors (Lipinski definition) is 5. The van der Waals surface area contributed by atoms with Crippen molar-refractivity contribution in [3.8, 4) is 11.5 Å². The van der Waals surface area contributed by atoms with Crippen LogP contribution in [0.1, 0.15) is 62.0 Å². The van der Waals surface area contributed by atoms with Crippen LogP contribution in [0.15, 0.2) is 29.6 Å². The summed E-state index contributed by atoms with van der Waals surface area (Å²) < 4.78 is 10.8. The van der Waals surface area contributed by atoms with Crippen molar-refractivity contribution in [2.75, 3.05) is 33.9 Å². The van der Waals surface area contributed by atoms with Crippen molar-refractivity contribution in [2.45, 2.75) is 65.8 Å². The van der Waals surface area contributed by atoms with Crippen molar-refractivity contribution >= 4 is 23.2 Å². The molecule has 1 aromatic heterocycles. The molecular formula is C27H40N2O4S. The predicted molar refractivity (Wildman–Crippen MR) is 139 cm³/mol. The van der Waals surface area contributed by atoms with Gasteiger partial charge in [0.1, 0.15) is 0 Å². The van der Waals surface area contributed by atoms with Gasteiger partial charge in [0.05, 0.1) is 27.3 Å². The van der Waals surface area contributed by atoms with Gasteiger partial charge in [-0.05, 0) is 60.9 Å². The topological polar surface area (TPSA) is 59.1 Å². The SMILES string of the molecule is CCCCCC(=O)N(CCC)CC(=O)N(CCc1ccc(OC)c(OC)c1)Cc1sccc1C. The van der Waals surface area contributed by atoms with E-state index >= 15 is 0 Å². The molecule has 0 spiro atoms. The standard InChI is InChI=1S/C27H40N2O4S/c1-6-8-9-10-26(30)28(15-7-2)20-27(31)29(19-25-21(3)14-17-34-25)16-13-22-11-12-23(32-4)24(18-22)33-5/h11-12,14,17-18H,6-10,13,15-16,19-20H2,1-5H3. The minimum absolute atomic E-state index is 0.00873. The molecule has 188 valence electrons. The maximum Gasteiger partial charge on any atom is 0.242 e. The van der Waals surface area contributed by atoms with Crippen molar-refractivity contribution in [3.63, 3.8) is 0 Å². The second-order valence-corrected chi connectivity index (χ2v) is 9.55. The Kier molecular flexibility index (Phi) is 11.9. The summed E-state index contributed by atoms with van der Waals surface area (Å²) in [5, 5.41) is 2.06. The zero-order chi connectivity index (χ0) is 24.9. The van der Waals surface area contributed by atoms with E-state index in [-0.39, 0.29) is 18.4 Å². The van der Waals surface area contributed by atoms with E-state index in [0.717, 1.165) is 31.2 Å². The Morgan fingerprint density at radius 3 is 2.29 bits per heavy atom. The summed E-state index contributed by atoms with van der Waals surface area (Å²) in [6.45, 7) is 8.10. The van der Waals surface area contributed by atoms with Gasteiger partial charge in [0.2, 0.25) is 11.8 Å². The fourth-order valence-electron chi connectivity index (χ4n) is 3.84. The van der Waals surface area contributed by atoms with E-state index in [1.165, 1.54) is 10.4 Å². The molecule has 0 radical (unpaired) electrons. The maximum atomic E-state index is 13.4. The van der Waals surface area contributed by atoms with E-state index in [1.54, 1.807) is 30.5 Å². The largest absolute Gasteiger partial charge is 0.493 e. The zero-order valence-corrected chi connectivity index (χ0v) is 22.2. The lowest BCUT2D eigenvalue weighted by Crippen LogP contribution is -2.43. The Morgan fingerprint density at radius 1 is 0.912 bits per heavy atom. The molecule has 0 bridgehead atoms. The normalized spacial score (nSPS) is 10.7. The lowest BCUT2D eigenvalue weighted by Gasteiger charge is -2.28. The van der Waals surface area contributed by atoms with Crippen LogP contribution >= 0.6 is 11.3 Å². The molecule has 7 heteroatoms. The lowest BCUT2D eigenvalue weighted by atomic mass is 10.1. The van der Waals surface area contributed by atoms with Crippen LogP contribution in [0.3, 0.4) is 0 Å². The molecule has 2 amide bonds. The molecule has 0 saturated heterocycles. The number of thiophene rings is 1. The van der Waals surface area contributed by atoms with Crippen LogP contribution < -0.4 is 9.47 Å². The van der Waals surface area contributed by atoms with Crippen molar-refractivity contribution in [1.82, 2.24) is 9.80 Å². The summed E-state index contributed by atoms with van der Waals surface area (Å²) in [6.07, 6.45) is 5.02. The summed E-state index contributed by atoms with van der Waals surface area (Å²) in [5.41, 5.74) is 2.26. The first kappa shape index (κ1) is 27.7. The number of amides is 2. The Hall–Kier alpha value is -2.54. The van der Waals surface area contributed by atoms with Crippen molar-refractivity contribution in [2.24, 2.45) is 0 Å². The highest BCUT2D eigenvalue weighted by Gasteiger charge is 2.22. The number of ether oxygens (including phenoxy) is 2. The third-order valence-electron chi connectivity index (χ3n) is 5.94. The average molecular weight is 489 g/mol. The molecule has 0 unspecified atom stereocenters. The molecule has 0 aliphatic carbocycles. The van der Waals surface area contributed by atoms with Crippen LogP contribution in [-0.2, 0) is 22.6 Å². The molecule has 34 heavy (non-hydrogen) atoms. The van der Waals surface area contributed by atoms with Gasteiger partial charge >= 0.3 is 0 Å². The van der Waals surface area contributed by atoms with Crippen LogP contribution in [0.5, 0.6) is 11.5 Å². The molecule has 0 saturated carbocycles. The molecule has 0 N–H and O–H groups in total. The van der Waals surface area contributed by atoms with Gasteiger partial charge in [-0.15, -0.1) is 11.3 Å². The van der Waals surface area contributed by atoms with Gasteiger partial charge in [-0.2, -0.15) is 0 Å². The summed E-state index contributed by atoms with van der Waals surface area (Å²) in [7, 11) is 3.24. The molecule has 2 aromatic rings. The number of unbranched alkanes of at least 4 members (excludes halogenated alkanes) is 2. The first-order valence-corrected chi connectivity index (χ1v) is 13.1. The number of methoxy groups -OCH3 is 2. The smallest absolute Gasteiger partial charge is 0.242 e. The third kappa shape index (κ3) is 8.35. The fourth-order valence-corrected chi connectivity index (χ4v) is 4.76. The molecular weight excluding hydrogens is 448 g/mol. The highest BCUT2D eigenvalue weighted by molar-refractivity contribution is 7.10. The van der Waals surface area contributed by atoms with E-state index in [1.807, 2.05) is 30.0 Å². The van der Waals surface area contributed by atoms with Gasteiger partial charge in [0.15, 0.2) is 11.5 Å². The average Bonchev–Trinajstić information content (AvgIpc) is 3.25. The summed E-state index contributed by atoms with van der Waals surface area (Å²) in [5.74, 6) is 1.44. The molecule has 0 aliphatic heterocycles. The maximum absolute atomic E-state index is 13.4. The first-order chi connectivity index (χ1) is 16.4. The van der Waals surface area contributed by atoms with Crippen molar-refractivity contribution < 1.29 is 19.1 Å². The number of carbonyl (C=O) groups is 2. The molecule has 1 heterocycles. The number of hydrogen-bond donors (Lipinski definition) is 0. The summed E-state index contributed by atoms with van der Waals surface area (Å²) >= 11 is 1.67. The van der Waals surface area contributed by atoms with Crippen molar-refractivity contribution in [3.05, 3.63) is 45.6 Å². The van der Waals surface area contributed by atoms with E-state index in [0.29, 0.717) is 44.0 Å². The van der Waals surface area contributed by atoms with Crippen LogP contribution in [-0.4, -0.2) is 55.5 Å². The van der Waals surface area contributed by atoms with E-state index in [4.69, 9.17) is 9.47 Å². The number of carbonyl (C=O) groups excluding carboxylic acids is 2. The lowest BCUT2D eigenvalue weighted by molar-refractivity contribution is -0.141. The van der Waals surface area contributed by atoms with Crippen LogP contribution in [0, 0.1) is 6.92 Å². The number of benzene rings is 1. The Bertz CT molecular complexity index is 912. The molecule has 6 nitrogen and oxygen atoms in total. The first-order valence-electron chi connectivity index (χ1n) is 12.2. The molecule has 0 fully saturated rings. The van der Waals surface area contributed by atoms with E-state index < -0.39 is 0 Å². The minimum Gasteiger partial charge on any atom is -0.493 e. The second kappa shape index (κ2) is 14.7. The van der Waals surface area contributed by atoms with Gasteiger partial charge < -0.3 is 19.3 Å². The van der Waals surface area contributed by atoms with Crippen LogP contribution in [0.2, 0.25) is 0 Å². The summed E-state index contributed by atoms with van der Waals surface area (Å²) in [6, 6.07) is 7.93. The number of nitrogens with zero attached hydrogens (tertiary/aromatic N) is 2. The predicted octanol–water partition coefficient (Wildman–Crippen LogP) is 5.46. The van der Waals surface area contributed by atoms with Crippen molar-refractivity contribution in [1.29, 1.82) is 0 Å². The highest BCUT2D eigenvalue weighted by Crippen LogP contribution is 2.28. The Labute approximate surface area is 208 Å². The summed E-state index contributed by atoms with van der Waals surface area (Å²) in [4.78, 5) is 31.0. The second-order valence-electron chi connectivity index (χ2n) is 8.55. The quantitative estimate of drug-likeness (QED) is 0.312. The molecule has 0 aliphatic rings. The van der Waals surface area contributed by atoms with Gasteiger partial charge in [0.25, 0.3) is 0 Å². The van der Waals surface area contributed by atoms with E-state index in [2.05, 4.69) is 25.3 Å². The van der Waals surface area contributed by atoms with Gasteiger partial charge in [-0.1, -0.05) is 32.8 Å². The Balaban J connectivity index is 2.14. The molecule has 0 atom stereocenters. The third-order valence-corrected chi connectivity index (χ3v) is 6.95. The monoisotopic (exact) mass is 488 g/mol. The fraction of sp³-hybridized carbons (Fsp3) is 0.556. The molecule has 2 rings (SSSR count). The zero-order valence-electron chi connectivity index (χ0n) is 21.4. The van der Waals surface area contributed by atoms with Crippen LogP contribution in [0.25, 0.3) is 0 Å². The van der Waals surface area contributed by atoms with Gasteiger partial charge in [-0.25, -0.2) is 0 Å². The van der Waals surface area contributed by atoms with E-state index in [9.17, 15) is 9.59 Å². The minimum atomic E-state index is -0.00873. The van der Waals surface area contributed by atoms with Gasteiger partial charge in [-0.3, -0.25) is 9.59 Å². The highest BCUT2D eigenvalue weighted by atomic mass is 32.1. The number of rotatable bonds is 15.